The molecule has 4 nitrogen and oxygen atoms in total. The first-order valence-electron chi connectivity index (χ1n) is 5.83. The van der Waals surface area contributed by atoms with Gasteiger partial charge in [-0.3, -0.25) is 0 Å². The van der Waals surface area contributed by atoms with Crippen LogP contribution in [0.15, 0.2) is 10.7 Å². The van der Waals surface area contributed by atoms with Gasteiger partial charge < -0.3 is 14.5 Å². The fourth-order valence-electron chi connectivity index (χ4n) is 1.10. The second-order valence-corrected chi connectivity index (χ2v) is 4.91. The molecular weight excluding hydrogens is 204 g/mol. The van der Waals surface area contributed by atoms with Crippen LogP contribution < -0.4 is 10.1 Å². The molecule has 0 amide bonds. The lowest BCUT2D eigenvalue weighted by Gasteiger charge is -2.19. The van der Waals surface area contributed by atoms with E-state index >= 15 is 0 Å². The van der Waals surface area contributed by atoms with Gasteiger partial charge in [0.1, 0.15) is 6.26 Å². The van der Waals surface area contributed by atoms with Crippen LogP contribution in [0.5, 0.6) is 6.08 Å². The SMILES string of the molecule is CCCCOc1nc(CNC(C)(C)C)co1. The van der Waals surface area contributed by atoms with Crippen molar-refractivity contribution in [1.82, 2.24) is 10.3 Å². The summed E-state index contributed by atoms with van der Waals surface area (Å²) in [5.74, 6) is 0. The largest absolute Gasteiger partial charge is 0.450 e. The number of unbranched alkanes of at least 4 members (excludes halogenated alkanes) is 1. The Balaban J connectivity index is 2.33. The molecule has 1 aromatic heterocycles. The van der Waals surface area contributed by atoms with Crippen LogP contribution >= 0.6 is 0 Å². The molecule has 0 unspecified atom stereocenters. The van der Waals surface area contributed by atoms with Crippen LogP contribution in [0.4, 0.5) is 0 Å². The Bertz CT molecular complexity index is 302. The maximum atomic E-state index is 5.35. The molecule has 1 rings (SSSR count). The summed E-state index contributed by atoms with van der Waals surface area (Å²) in [5.41, 5.74) is 0.962. The standard InChI is InChI=1S/C12H22N2O2/c1-5-6-7-15-11-14-10(9-16-11)8-13-12(2,3)4/h9,13H,5-8H2,1-4H3. The molecule has 0 atom stereocenters. The number of hydrogen-bond acceptors (Lipinski definition) is 4. The second-order valence-electron chi connectivity index (χ2n) is 4.91. The van der Waals surface area contributed by atoms with E-state index in [0.717, 1.165) is 18.5 Å². The van der Waals surface area contributed by atoms with Crippen molar-refractivity contribution >= 4 is 0 Å². The fourth-order valence-corrected chi connectivity index (χ4v) is 1.10. The summed E-state index contributed by atoms with van der Waals surface area (Å²) in [6.07, 6.45) is 4.15. The van der Waals surface area contributed by atoms with Gasteiger partial charge in [-0.25, -0.2) is 0 Å². The van der Waals surface area contributed by atoms with Crippen molar-refractivity contribution in [3.63, 3.8) is 0 Å². The molecular formula is C12H22N2O2. The average molecular weight is 226 g/mol. The monoisotopic (exact) mass is 226 g/mol. The minimum Gasteiger partial charge on any atom is -0.450 e. The van der Waals surface area contributed by atoms with Crippen molar-refractivity contribution in [3.05, 3.63) is 12.0 Å². The summed E-state index contributed by atoms with van der Waals surface area (Å²) in [6.45, 7) is 9.84. The molecule has 0 aliphatic rings. The highest BCUT2D eigenvalue weighted by atomic mass is 16.6. The zero-order chi connectivity index (χ0) is 12.0. The van der Waals surface area contributed by atoms with Gasteiger partial charge in [-0.05, 0) is 27.2 Å². The summed E-state index contributed by atoms with van der Waals surface area (Å²) >= 11 is 0. The zero-order valence-electron chi connectivity index (χ0n) is 10.7. The van der Waals surface area contributed by atoms with E-state index in [9.17, 15) is 0 Å². The lowest BCUT2D eigenvalue weighted by molar-refractivity contribution is 0.226. The van der Waals surface area contributed by atoms with Crippen LogP contribution in [0.2, 0.25) is 0 Å². The van der Waals surface area contributed by atoms with Crippen LogP contribution in [0.3, 0.4) is 0 Å². The molecule has 0 fully saturated rings. The van der Waals surface area contributed by atoms with E-state index in [0.29, 0.717) is 19.2 Å². The van der Waals surface area contributed by atoms with E-state index in [1.54, 1.807) is 6.26 Å². The van der Waals surface area contributed by atoms with E-state index in [4.69, 9.17) is 9.15 Å². The summed E-state index contributed by atoms with van der Waals surface area (Å²) in [6, 6.07) is 0. The van der Waals surface area contributed by atoms with Crippen molar-refractivity contribution in [2.75, 3.05) is 6.61 Å². The van der Waals surface area contributed by atoms with Crippen molar-refractivity contribution in [3.8, 4) is 6.08 Å². The first-order chi connectivity index (χ1) is 7.51. The third-order valence-electron chi connectivity index (χ3n) is 2.05. The molecule has 0 radical (unpaired) electrons. The molecule has 1 aromatic rings. The summed E-state index contributed by atoms with van der Waals surface area (Å²) in [5, 5.41) is 3.34. The molecule has 0 aliphatic carbocycles. The average Bonchev–Trinajstić information content (AvgIpc) is 2.62. The normalized spacial score (nSPS) is 11.8. The van der Waals surface area contributed by atoms with Crippen LogP contribution in [0, 0.1) is 0 Å². The van der Waals surface area contributed by atoms with E-state index in [-0.39, 0.29) is 5.54 Å². The quantitative estimate of drug-likeness (QED) is 0.758. The van der Waals surface area contributed by atoms with Gasteiger partial charge in [-0.15, -0.1) is 0 Å². The molecule has 0 bridgehead atoms. The molecule has 1 heterocycles. The molecule has 1 N–H and O–H groups in total. The third kappa shape index (κ3) is 5.16. The molecule has 16 heavy (non-hydrogen) atoms. The Morgan fingerprint density at radius 3 is 2.81 bits per heavy atom. The van der Waals surface area contributed by atoms with Gasteiger partial charge in [0, 0.05) is 12.1 Å². The Morgan fingerprint density at radius 1 is 1.44 bits per heavy atom. The third-order valence-corrected chi connectivity index (χ3v) is 2.05. The summed E-state index contributed by atoms with van der Waals surface area (Å²) in [7, 11) is 0. The maximum absolute atomic E-state index is 5.35. The van der Waals surface area contributed by atoms with Gasteiger partial charge in [0.25, 0.3) is 0 Å². The van der Waals surface area contributed by atoms with Gasteiger partial charge in [0.15, 0.2) is 0 Å². The predicted octanol–water partition coefficient (Wildman–Crippen LogP) is 2.74. The minimum absolute atomic E-state index is 0.0855. The first-order valence-corrected chi connectivity index (χ1v) is 5.83. The highest BCUT2D eigenvalue weighted by Gasteiger charge is 2.11. The molecule has 0 aromatic carbocycles. The molecule has 0 aliphatic heterocycles. The van der Waals surface area contributed by atoms with Gasteiger partial charge in [-0.2, -0.15) is 4.98 Å². The molecule has 0 saturated carbocycles. The molecule has 92 valence electrons. The number of oxazole rings is 1. The number of rotatable bonds is 6. The van der Waals surface area contributed by atoms with Crippen LogP contribution in [0.25, 0.3) is 0 Å². The summed E-state index contributed by atoms with van der Waals surface area (Å²) < 4.78 is 10.6. The molecule has 4 heteroatoms. The topological polar surface area (TPSA) is 47.3 Å². The highest BCUT2D eigenvalue weighted by molar-refractivity contribution is 5.00. The predicted molar refractivity (Wildman–Crippen MR) is 63.5 cm³/mol. The van der Waals surface area contributed by atoms with Crippen molar-refractivity contribution in [2.24, 2.45) is 0 Å². The first kappa shape index (κ1) is 13.0. The van der Waals surface area contributed by atoms with E-state index < -0.39 is 0 Å². The Hall–Kier alpha value is -1.03. The molecule has 0 spiro atoms. The van der Waals surface area contributed by atoms with Crippen molar-refractivity contribution in [1.29, 1.82) is 0 Å². The lowest BCUT2D eigenvalue weighted by Crippen LogP contribution is -2.35. The van der Waals surface area contributed by atoms with Gasteiger partial charge >= 0.3 is 6.08 Å². The minimum atomic E-state index is 0.0855. The number of nitrogens with zero attached hydrogens (tertiary/aromatic N) is 1. The zero-order valence-corrected chi connectivity index (χ0v) is 10.7. The molecule has 0 saturated heterocycles. The van der Waals surface area contributed by atoms with Crippen LogP contribution in [-0.2, 0) is 6.54 Å². The maximum Gasteiger partial charge on any atom is 0.393 e. The number of aromatic nitrogens is 1. The van der Waals surface area contributed by atoms with Gasteiger partial charge in [0.05, 0.1) is 12.3 Å². The van der Waals surface area contributed by atoms with E-state index in [1.807, 2.05) is 0 Å². The van der Waals surface area contributed by atoms with Gasteiger partial charge in [-0.1, -0.05) is 13.3 Å². The van der Waals surface area contributed by atoms with E-state index in [2.05, 4.69) is 38.0 Å². The fraction of sp³-hybridized carbons (Fsp3) is 0.750. The number of ether oxygens (including phenoxy) is 1. The van der Waals surface area contributed by atoms with E-state index in [1.165, 1.54) is 0 Å². The Labute approximate surface area is 97.4 Å². The van der Waals surface area contributed by atoms with Crippen LogP contribution in [0.1, 0.15) is 46.2 Å². The summed E-state index contributed by atoms with van der Waals surface area (Å²) in [4.78, 5) is 4.23. The van der Waals surface area contributed by atoms with Crippen molar-refractivity contribution < 1.29 is 9.15 Å². The number of nitrogens with one attached hydrogen (secondary N) is 1. The van der Waals surface area contributed by atoms with Gasteiger partial charge in [0.2, 0.25) is 0 Å². The Morgan fingerprint density at radius 2 is 2.19 bits per heavy atom. The smallest absolute Gasteiger partial charge is 0.393 e. The number of hydrogen-bond donors (Lipinski definition) is 1. The van der Waals surface area contributed by atoms with Crippen LogP contribution in [-0.4, -0.2) is 17.1 Å². The Kier molecular flexibility index (Phi) is 4.80. The second kappa shape index (κ2) is 5.89. The lowest BCUT2D eigenvalue weighted by atomic mass is 10.1. The van der Waals surface area contributed by atoms with Crippen molar-refractivity contribution in [2.45, 2.75) is 52.6 Å². The highest BCUT2D eigenvalue weighted by Crippen LogP contribution is 2.11.